The van der Waals surface area contributed by atoms with Gasteiger partial charge in [0.05, 0.1) is 52.9 Å². The SMILES string of the molecule is O=P(O)(OCCNC1O[C@H](CO)[C@@H](O[C@H]2O[C@H](CO)[C@@H](O[C@H]3O[C@H](CO)[C@@H](O[C@H]4O[C@H](CO)[C@@H](O[C@H]5O[C@H](CO)[C@@H](O)[C@H](O)[C@H]5O)[C@H](O)[C@H]4O)[C@H](O)[C@H]3O)[C@H](O)[C@H]2O)[C@H](O)[C@H]1O)OCC(O)CO. The van der Waals surface area contributed by atoms with Crippen LogP contribution in [0.15, 0.2) is 0 Å². The number of phosphoric acid groups is 1. The number of aliphatic hydroxyl groups excluding tert-OH is 18. The van der Waals surface area contributed by atoms with Gasteiger partial charge in [0, 0.05) is 6.54 Å². The summed E-state index contributed by atoms with van der Waals surface area (Å²) >= 11 is 0. The van der Waals surface area contributed by atoms with Crippen molar-refractivity contribution in [3.05, 3.63) is 0 Å². The van der Waals surface area contributed by atoms with Crippen LogP contribution in [0.5, 0.6) is 0 Å². The van der Waals surface area contributed by atoms with E-state index >= 15 is 0 Å². The minimum Gasteiger partial charge on any atom is -0.394 e. The molecule has 400 valence electrons. The van der Waals surface area contributed by atoms with E-state index in [0.29, 0.717) is 0 Å². The van der Waals surface area contributed by atoms with Crippen LogP contribution in [0.25, 0.3) is 0 Å². The van der Waals surface area contributed by atoms with Gasteiger partial charge in [-0.15, -0.1) is 0 Å². The molecule has 0 saturated carbocycles. The fraction of sp³-hybridized carbons (Fsp3) is 1.00. The smallest absolute Gasteiger partial charge is 0.394 e. The van der Waals surface area contributed by atoms with Gasteiger partial charge in [-0.05, 0) is 0 Å². The van der Waals surface area contributed by atoms with Crippen LogP contribution in [-0.2, 0) is 56.2 Å². The molecule has 32 nitrogen and oxygen atoms in total. The van der Waals surface area contributed by atoms with Crippen LogP contribution in [0.1, 0.15) is 0 Å². The highest BCUT2D eigenvalue weighted by atomic mass is 31.2. The molecule has 3 unspecified atom stereocenters. The molecule has 0 spiro atoms. The molecule has 5 aliphatic rings. The monoisotopic (exact) mass is 1030 g/mol. The Kier molecular flexibility index (Phi) is 21.9. The van der Waals surface area contributed by atoms with Gasteiger partial charge in [0.15, 0.2) is 25.2 Å². The summed E-state index contributed by atoms with van der Waals surface area (Å²) in [5.41, 5.74) is 0. The predicted molar refractivity (Wildman–Crippen MR) is 207 cm³/mol. The van der Waals surface area contributed by atoms with Gasteiger partial charge in [-0.2, -0.15) is 0 Å². The standard InChI is InChI=1S/C35H64NO31P/c37-3-10(43)9-58-68(55,56)57-2-1-36-31-22(50)18(46)27(12(5-39)59-31)64-33-24(52)20(48)29(14(7-41)61-33)66-35-26(54)21(49)30(15(8-42)63-35)67-34-25(53)19(47)28(13(6-40)62-34)65-32-23(51)17(45)16(44)11(4-38)60-32/h10-54H,1-9H2,(H,55,56)/t10?,11-,12-,13-,14-,15-,16-,17+,18-,19-,20-,21-,22-,23-,24-,25-,26-,27-,28-,29-,30-,31?,32-,33-,34-,35-/m1/s1. The van der Waals surface area contributed by atoms with Crippen molar-refractivity contribution in [1.29, 1.82) is 0 Å². The summed E-state index contributed by atoms with van der Waals surface area (Å²) in [6.45, 7) is -7.03. The maximum Gasteiger partial charge on any atom is 0.472 e. The third kappa shape index (κ3) is 13.4. The summed E-state index contributed by atoms with van der Waals surface area (Å²) in [5.74, 6) is 0. The maximum absolute atomic E-state index is 11.9. The largest absolute Gasteiger partial charge is 0.472 e. The lowest BCUT2D eigenvalue weighted by atomic mass is 9.95. The first-order valence-corrected chi connectivity index (χ1v) is 22.7. The molecular weight excluding hydrogens is 961 g/mol. The van der Waals surface area contributed by atoms with Gasteiger partial charge >= 0.3 is 7.82 Å². The van der Waals surface area contributed by atoms with Crippen molar-refractivity contribution < 1.29 is 153 Å². The number of ether oxygens (including phenoxy) is 9. The molecule has 0 aliphatic carbocycles. The van der Waals surface area contributed by atoms with E-state index in [1.165, 1.54) is 0 Å². The molecule has 33 heteroatoms. The number of nitrogens with one attached hydrogen (secondary N) is 1. The molecule has 68 heavy (non-hydrogen) atoms. The normalized spacial score (nSPS) is 47.4. The minimum atomic E-state index is -4.68. The predicted octanol–water partition coefficient (Wildman–Crippen LogP) is -12.8. The van der Waals surface area contributed by atoms with E-state index < -0.39 is 220 Å². The summed E-state index contributed by atoms with van der Waals surface area (Å²) in [4.78, 5) is 9.69. The molecule has 0 radical (unpaired) electrons. The van der Waals surface area contributed by atoms with Gasteiger partial charge in [0.2, 0.25) is 0 Å². The second kappa shape index (κ2) is 25.8. The van der Waals surface area contributed by atoms with Crippen LogP contribution < -0.4 is 5.32 Å². The van der Waals surface area contributed by atoms with Crippen LogP contribution in [0, 0.1) is 0 Å². The van der Waals surface area contributed by atoms with E-state index in [-0.39, 0.29) is 6.54 Å². The maximum atomic E-state index is 11.9. The lowest BCUT2D eigenvalue weighted by Gasteiger charge is -2.49. The van der Waals surface area contributed by atoms with Crippen molar-refractivity contribution in [2.75, 3.05) is 59.4 Å². The van der Waals surface area contributed by atoms with Crippen molar-refractivity contribution in [3.63, 3.8) is 0 Å². The Bertz CT molecular complexity index is 1540. The van der Waals surface area contributed by atoms with E-state index in [1.54, 1.807) is 0 Å². The first kappa shape index (κ1) is 57.9. The molecular formula is C35H64NO31P. The van der Waals surface area contributed by atoms with Gasteiger partial charge in [0.1, 0.15) is 134 Å². The third-order valence-corrected chi connectivity index (χ3v) is 12.7. The van der Waals surface area contributed by atoms with Crippen LogP contribution in [0.4, 0.5) is 0 Å². The molecule has 0 amide bonds. The molecule has 5 rings (SSSR count). The summed E-state index contributed by atoms with van der Waals surface area (Å²) < 4.78 is 71.2. The molecule has 5 heterocycles. The Morgan fingerprint density at radius 1 is 0.441 bits per heavy atom. The van der Waals surface area contributed by atoms with Crippen molar-refractivity contribution in [2.24, 2.45) is 0 Å². The number of hydrogen-bond donors (Lipinski definition) is 20. The van der Waals surface area contributed by atoms with Gasteiger partial charge in [0.25, 0.3) is 0 Å². The number of rotatable bonds is 22. The molecule has 0 bridgehead atoms. The van der Waals surface area contributed by atoms with Gasteiger partial charge < -0.3 is 139 Å². The second-order valence-corrected chi connectivity index (χ2v) is 17.8. The molecule has 5 aliphatic heterocycles. The Morgan fingerprint density at radius 2 is 0.779 bits per heavy atom. The Hall–Kier alpha value is -1.01. The Morgan fingerprint density at radius 3 is 1.15 bits per heavy atom. The highest BCUT2D eigenvalue weighted by molar-refractivity contribution is 7.47. The molecule has 5 saturated heterocycles. The zero-order chi connectivity index (χ0) is 50.4. The highest BCUT2D eigenvalue weighted by Gasteiger charge is 2.56. The summed E-state index contributed by atoms with van der Waals surface area (Å²) in [7, 11) is -4.68. The van der Waals surface area contributed by atoms with Gasteiger partial charge in [-0.3, -0.25) is 14.4 Å². The van der Waals surface area contributed by atoms with Gasteiger partial charge in [-0.1, -0.05) is 0 Å². The molecule has 27 atom stereocenters. The van der Waals surface area contributed by atoms with Crippen molar-refractivity contribution >= 4 is 7.82 Å². The third-order valence-electron chi connectivity index (χ3n) is 11.7. The molecule has 0 aromatic carbocycles. The van der Waals surface area contributed by atoms with E-state index in [0.717, 1.165) is 0 Å². The summed E-state index contributed by atoms with van der Waals surface area (Å²) in [6, 6.07) is 0. The quantitative estimate of drug-likeness (QED) is 0.0354. The molecule has 5 fully saturated rings. The number of phosphoric ester groups is 1. The van der Waals surface area contributed by atoms with Gasteiger partial charge in [-0.25, -0.2) is 4.57 Å². The van der Waals surface area contributed by atoms with E-state index in [9.17, 15) is 96.3 Å². The lowest BCUT2D eigenvalue weighted by molar-refractivity contribution is -0.391. The summed E-state index contributed by atoms with van der Waals surface area (Å²) in [5, 5.41) is 190. The fourth-order valence-electron chi connectivity index (χ4n) is 7.85. The minimum absolute atomic E-state index is 0.323. The van der Waals surface area contributed by atoms with Crippen LogP contribution >= 0.6 is 7.82 Å². The van der Waals surface area contributed by atoms with Crippen molar-refractivity contribution in [2.45, 2.75) is 160 Å². The lowest BCUT2D eigenvalue weighted by Crippen LogP contribution is -2.68. The zero-order valence-corrected chi connectivity index (χ0v) is 36.6. The van der Waals surface area contributed by atoms with Crippen LogP contribution in [-0.4, -0.2) is 316 Å². The highest BCUT2D eigenvalue weighted by Crippen LogP contribution is 2.43. The average molecular weight is 1030 g/mol. The topological polar surface area (TPSA) is 515 Å². The zero-order valence-electron chi connectivity index (χ0n) is 35.7. The Labute approximate surface area is 385 Å². The molecule has 0 aromatic rings. The van der Waals surface area contributed by atoms with E-state index in [4.69, 9.17) is 52.3 Å². The van der Waals surface area contributed by atoms with E-state index in [1.807, 2.05) is 0 Å². The first-order valence-electron chi connectivity index (χ1n) is 21.2. The molecule has 20 N–H and O–H groups in total. The number of hydrogen-bond acceptors (Lipinski definition) is 31. The number of aliphatic hydroxyl groups is 18. The summed E-state index contributed by atoms with van der Waals surface area (Å²) in [6.07, 6.45) is -47.7. The Balaban J connectivity index is 1.16. The van der Waals surface area contributed by atoms with Crippen molar-refractivity contribution in [3.8, 4) is 0 Å². The first-order chi connectivity index (χ1) is 32.2. The molecule has 0 aromatic heterocycles. The van der Waals surface area contributed by atoms with Crippen LogP contribution in [0.3, 0.4) is 0 Å². The second-order valence-electron chi connectivity index (χ2n) is 16.4. The fourth-order valence-corrected chi connectivity index (χ4v) is 8.61. The van der Waals surface area contributed by atoms with Crippen molar-refractivity contribution in [1.82, 2.24) is 5.32 Å². The van der Waals surface area contributed by atoms with E-state index in [2.05, 4.69) is 9.84 Å². The average Bonchev–Trinajstić information content (AvgIpc) is 3.32. The van der Waals surface area contributed by atoms with Crippen LogP contribution in [0.2, 0.25) is 0 Å².